The lowest BCUT2D eigenvalue weighted by Gasteiger charge is -2.22. The first kappa shape index (κ1) is 14.2. The van der Waals surface area contributed by atoms with Crippen molar-refractivity contribution in [1.82, 2.24) is 0 Å². The van der Waals surface area contributed by atoms with Gasteiger partial charge < -0.3 is 15.0 Å². The van der Waals surface area contributed by atoms with Gasteiger partial charge in [0.1, 0.15) is 22.9 Å². The summed E-state index contributed by atoms with van der Waals surface area (Å²) in [4.78, 5) is 0. The van der Waals surface area contributed by atoms with Crippen LogP contribution in [0.3, 0.4) is 0 Å². The first-order chi connectivity index (χ1) is 10.3. The SMILES string of the molecule is [O-][NH+](C1=CI=CC=C1)c1ccc(Oc2ccccc2)cc1. The van der Waals surface area contributed by atoms with Crippen LogP contribution in [0.1, 0.15) is 0 Å². The second kappa shape index (κ2) is 6.80. The van der Waals surface area contributed by atoms with E-state index in [0.717, 1.165) is 17.2 Å². The molecule has 21 heavy (non-hydrogen) atoms. The van der Waals surface area contributed by atoms with E-state index >= 15 is 0 Å². The van der Waals surface area contributed by atoms with Gasteiger partial charge in [0.05, 0.1) is 0 Å². The molecule has 0 aliphatic carbocycles. The molecule has 3 rings (SSSR count). The first-order valence-electron chi connectivity index (χ1n) is 6.52. The van der Waals surface area contributed by atoms with Crippen molar-refractivity contribution in [2.45, 2.75) is 0 Å². The topological polar surface area (TPSA) is 36.7 Å². The van der Waals surface area contributed by atoms with Crippen LogP contribution in [0.25, 0.3) is 0 Å². The summed E-state index contributed by atoms with van der Waals surface area (Å²) in [5, 5.41) is 12.4. The monoisotopic (exact) mass is 391 g/mol. The van der Waals surface area contributed by atoms with E-state index < -0.39 is 0 Å². The first-order valence-corrected chi connectivity index (χ1v) is 9.02. The van der Waals surface area contributed by atoms with Crippen LogP contribution < -0.4 is 9.80 Å². The molecule has 0 spiro atoms. The van der Waals surface area contributed by atoms with Crippen LogP contribution in [0.2, 0.25) is 0 Å². The number of allylic oxidation sites excluding steroid dienone is 2. The number of quaternary nitrogens is 1. The quantitative estimate of drug-likeness (QED) is 0.638. The Kier molecular flexibility index (Phi) is 4.59. The molecule has 0 amide bonds. The minimum Gasteiger partial charge on any atom is -0.623 e. The Balaban J connectivity index is 1.73. The third-order valence-electron chi connectivity index (χ3n) is 2.96. The van der Waals surface area contributed by atoms with E-state index in [2.05, 4.69) is 8.09 Å². The number of nitrogens with one attached hydrogen (secondary N) is 1. The highest BCUT2D eigenvalue weighted by Gasteiger charge is 2.08. The molecule has 1 aliphatic heterocycles. The lowest BCUT2D eigenvalue weighted by Crippen LogP contribution is -2.99. The Morgan fingerprint density at radius 3 is 2.29 bits per heavy atom. The van der Waals surface area contributed by atoms with E-state index in [-0.39, 0.29) is 25.8 Å². The highest BCUT2D eigenvalue weighted by Crippen LogP contribution is 2.22. The van der Waals surface area contributed by atoms with Gasteiger partial charge in [0, 0.05) is 22.3 Å². The normalized spacial score (nSPS) is 15.0. The lowest BCUT2D eigenvalue weighted by atomic mass is 10.2. The van der Waals surface area contributed by atoms with Gasteiger partial charge in [-0.2, -0.15) is 0 Å². The Morgan fingerprint density at radius 2 is 1.62 bits per heavy atom. The molecular weight excluding hydrogens is 377 g/mol. The van der Waals surface area contributed by atoms with Crippen LogP contribution >= 0.6 is 20.7 Å². The van der Waals surface area contributed by atoms with E-state index in [1.165, 1.54) is 0 Å². The number of hydrogen-bond donors (Lipinski definition) is 1. The molecule has 106 valence electrons. The number of rotatable bonds is 4. The maximum atomic E-state index is 12.3. The fourth-order valence-corrected chi connectivity index (χ4v) is 3.45. The summed E-state index contributed by atoms with van der Waals surface area (Å²) in [6.07, 6.45) is 3.84. The zero-order valence-electron chi connectivity index (χ0n) is 11.2. The van der Waals surface area contributed by atoms with Gasteiger partial charge in [-0.25, -0.2) is 0 Å². The average molecular weight is 391 g/mol. The number of benzene rings is 2. The van der Waals surface area contributed by atoms with Crippen molar-refractivity contribution in [3.05, 3.63) is 81.7 Å². The molecule has 2 aromatic rings. The number of hydrogen-bond acceptors (Lipinski definition) is 2. The largest absolute Gasteiger partial charge is 0.623 e. The summed E-state index contributed by atoms with van der Waals surface area (Å²) >= 11 is -0.111. The van der Waals surface area contributed by atoms with Gasteiger partial charge in [0.25, 0.3) is 0 Å². The van der Waals surface area contributed by atoms with Crippen molar-refractivity contribution >= 4 is 30.4 Å². The zero-order chi connectivity index (χ0) is 14.5. The molecule has 0 aromatic heterocycles. The molecule has 1 N–H and O–H groups in total. The van der Waals surface area contributed by atoms with E-state index in [0.29, 0.717) is 5.69 Å². The fraction of sp³-hybridized carbons (Fsp3) is 0. The van der Waals surface area contributed by atoms with E-state index in [1.54, 1.807) is 0 Å². The summed E-state index contributed by atoms with van der Waals surface area (Å²) in [6.45, 7) is 0. The molecule has 2 aromatic carbocycles. The van der Waals surface area contributed by atoms with Gasteiger partial charge >= 0.3 is 0 Å². The lowest BCUT2D eigenvalue weighted by molar-refractivity contribution is -0.726. The molecule has 1 aliphatic rings. The van der Waals surface area contributed by atoms with Crippen molar-refractivity contribution in [2.75, 3.05) is 0 Å². The smallest absolute Gasteiger partial charge is 0.141 e. The van der Waals surface area contributed by atoms with Crippen molar-refractivity contribution in [3.63, 3.8) is 0 Å². The Labute approximate surface area is 133 Å². The van der Waals surface area contributed by atoms with Crippen molar-refractivity contribution in [1.29, 1.82) is 0 Å². The summed E-state index contributed by atoms with van der Waals surface area (Å²) in [6, 6.07) is 16.9. The summed E-state index contributed by atoms with van der Waals surface area (Å²) < 4.78 is 9.90. The molecule has 0 bridgehead atoms. The minimum absolute atomic E-state index is 0.0744. The number of ether oxygens (including phenoxy) is 1. The Morgan fingerprint density at radius 1 is 0.905 bits per heavy atom. The van der Waals surface area contributed by atoms with Crippen LogP contribution in [0, 0.1) is 5.21 Å². The highest BCUT2D eigenvalue weighted by atomic mass is 127. The second-order valence-electron chi connectivity index (χ2n) is 4.44. The summed E-state index contributed by atoms with van der Waals surface area (Å²) in [5.41, 5.74) is 1.49. The molecule has 3 nitrogen and oxygen atoms in total. The molecule has 0 fully saturated rings. The van der Waals surface area contributed by atoms with Crippen molar-refractivity contribution < 1.29 is 9.80 Å². The summed E-state index contributed by atoms with van der Waals surface area (Å²) in [7, 11) is 0. The van der Waals surface area contributed by atoms with Gasteiger partial charge in [0.2, 0.25) is 0 Å². The molecule has 0 radical (unpaired) electrons. The molecule has 0 saturated heterocycles. The van der Waals surface area contributed by atoms with Crippen molar-refractivity contribution in [2.24, 2.45) is 0 Å². The third-order valence-corrected chi connectivity index (χ3v) is 4.82. The maximum absolute atomic E-state index is 12.3. The standard InChI is InChI=1S/C17H14INO2/c20-19(15-5-4-12-18-13-15)14-8-10-17(11-9-14)21-16-6-2-1-3-7-16/h1-13,19H. The molecule has 1 unspecified atom stereocenters. The van der Waals surface area contributed by atoms with E-state index in [1.807, 2.05) is 66.7 Å². The summed E-state index contributed by atoms with van der Waals surface area (Å²) in [5.74, 6) is 1.52. The van der Waals surface area contributed by atoms with E-state index in [9.17, 15) is 5.21 Å². The molecule has 1 heterocycles. The fourth-order valence-electron chi connectivity index (χ4n) is 1.91. The van der Waals surface area contributed by atoms with Crippen LogP contribution in [-0.2, 0) is 0 Å². The molecule has 4 heteroatoms. The third kappa shape index (κ3) is 3.66. The van der Waals surface area contributed by atoms with E-state index in [4.69, 9.17) is 4.74 Å². The second-order valence-corrected chi connectivity index (χ2v) is 6.51. The van der Waals surface area contributed by atoms with Crippen LogP contribution in [0.4, 0.5) is 5.69 Å². The molecule has 1 atom stereocenters. The molecule has 0 saturated carbocycles. The Hall–Kier alpha value is -1.76. The zero-order valence-corrected chi connectivity index (χ0v) is 13.4. The van der Waals surface area contributed by atoms with Gasteiger partial charge in [-0.15, -0.1) is 0 Å². The Bertz CT molecular complexity index is 690. The van der Waals surface area contributed by atoms with Gasteiger partial charge in [0.15, 0.2) is 0 Å². The number of halogens is 1. The highest BCUT2D eigenvalue weighted by molar-refractivity contribution is 14.2. The number of hydroxylamine groups is 1. The van der Waals surface area contributed by atoms with Crippen LogP contribution in [0.5, 0.6) is 11.5 Å². The van der Waals surface area contributed by atoms with Crippen molar-refractivity contribution in [3.8, 4) is 11.5 Å². The average Bonchev–Trinajstić information content (AvgIpc) is 2.57. The maximum Gasteiger partial charge on any atom is 0.141 e. The van der Waals surface area contributed by atoms with Gasteiger partial charge in [-0.05, 0) is 28.3 Å². The van der Waals surface area contributed by atoms with Crippen LogP contribution in [0.15, 0.2) is 76.5 Å². The van der Waals surface area contributed by atoms with Gasteiger partial charge in [-0.3, -0.25) is 0 Å². The predicted octanol–water partition coefficient (Wildman–Crippen LogP) is 3.68. The predicted molar refractivity (Wildman–Crippen MR) is 94.3 cm³/mol. The minimum atomic E-state index is -0.111. The molecular formula is C17H14INO2. The van der Waals surface area contributed by atoms with Gasteiger partial charge in [-0.1, -0.05) is 45.0 Å². The van der Waals surface area contributed by atoms with Crippen LogP contribution in [-0.4, -0.2) is 4.01 Å². The number of para-hydroxylation sites is 1.